The van der Waals surface area contributed by atoms with Gasteiger partial charge in [0.25, 0.3) is 5.56 Å². The summed E-state index contributed by atoms with van der Waals surface area (Å²) in [4.78, 5) is 30.4. The molecule has 2 heterocycles. The highest BCUT2D eigenvalue weighted by atomic mass is 16.5. The summed E-state index contributed by atoms with van der Waals surface area (Å²) < 4.78 is 13.1. The number of benzene rings is 2. The van der Waals surface area contributed by atoms with E-state index >= 15 is 0 Å². The highest BCUT2D eigenvalue weighted by molar-refractivity contribution is 5.39. The van der Waals surface area contributed by atoms with Gasteiger partial charge in [0.2, 0.25) is 0 Å². The van der Waals surface area contributed by atoms with Crippen molar-refractivity contribution in [1.82, 2.24) is 14.1 Å². The summed E-state index contributed by atoms with van der Waals surface area (Å²) in [5.74, 6) is 7.42. The van der Waals surface area contributed by atoms with Crippen LogP contribution in [-0.4, -0.2) is 28.3 Å². The number of ether oxygens (including phenoxy) is 2. The molecule has 2 aromatic carbocycles. The molecule has 0 bridgehead atoms. The standard InChI is InChI=1S/C27H23N3O4.C2H6/c1-33-24-9-4-21(5-10-24)18-29-23(8-3-20-13-15-28-16-14-20)17-26(31)30(27(29)32)19-22-6-11-25(34-2)12-7-22;1-2/h4-7,9-17H,18-19H2,1-2H3;1-2H3. The second kappa shape index (κ2) is 12.8. The van der Waals surface area contributed by atoms with Gasteiger partial charge in [-0.2, -0.15) is 0 Å². The first-order valence-electron chi connectivity index (χ1n) is 11.6. The number of hydrogen-bond acceptors (Lipinski definition) is 5. The van der Waals surface area contributed by atoms with Crippen molar-refractivity contribution in [2.24, 2.45) is 0 Å². The molecule has 0 amide bonds. The molecule has 0 unspecified atom stereocenters. The van der Waals surface area contributed by atoms with Gasteiger partial charge in [0.05, 0.1) is 27.3 Å². The summed E-state index contributed by atoms with van der Waals surface area (Å²) in [6, 6.07) is 19.6. The molecule has 4 aromatic rings. The quantitative estimate of drug-likeness (QED) is 0.388. The second-order valence-corrected chi connectivity index (χ2v) is 7.50. The first-order chi connectivity index (χ1) is 17.6. The number of aromatic nitrogens is 3. The molecule has 0 atom stereocenters. The highest BCUT2D eigenvalue weighted by Gasteiger charge is 2.12. The minimum atomic E-state index is -0.432. The molecule has 0 spiro atoms. The Morgan fingerprint density at radius 1 is 0.722 bits per heavy atom. The number of hydrogen-bond donors (Lipinski definition) is 0. The van der Waals surface area contributed by atoms with Gasteiger partial charge in [0, 0.05) is 24.0 Å². The van der Waals surface area contributed by atoms with Crippen LogP contribution in [0.5, 0.6) is 11.5 Å². The second-order valence-electron chi connectivity index (χ2n) is 7.50. The lowest BCUT2D eigenvalue weighted by Crippen LogP contribution is -2.41. The fourth-order valence-corrected chi connectivity index (χ4v) is 3.42. The zero-order valence-electron chi connectivity index (χ0n) is 20.9. The molecular formula is C29H29N3O4. The lowest BCUT2D eigenvalue weighted by Gasteiger charge is -2.13. The highest BCUT2D eigenvalue weighted by Crippen LogP contribution is 2.13. The lowest BCUT2D eigenvalue weighted by molar-refractivity contribution is 0.414. The average Bonchev–Trinajstić information content (AvgIpc) is 2.94. The summed E-state index contributed by atoms with van der Waals surface area (Å²) in [7, 11) is 3.18. The van der Waals surface area contributed by atoms with E-state index < -0.39 is 11.2 Å². The zero-order chi connectivity index (χ0) is 25.9. The van der Waals surface area contributed by atoms with Crippen LogP contribution in [0.15, 0.2) is 88.7 Å². The van der Waals surface area contributed by atoms with Crippen LogP contribution in [0.3, 0.4) is 0 Å². The predicted octanol–water partition coefficient (Wildman–Crippen LogP) is 3.94. The molecule has 7 nitrogen and oxygen atoms in total. The minimum Gasteiger partial charge on any atom is -0.497 e. The van der Waals surface area contributed by atoms with Crippen molar-refractivity contribution >= 4 is 0 Å². The summed E-state index contributed by atoms with van der Waals surface area (Å²) in [5, 5.41) is 0. The van der Waals surface area contributed by atoms with Crippen LogP contribution in [0.1, 0.15) is 36.2 Å². The van der Waals surface area contributed by atoms with Crippen molar-refractivity contribution in [3.63, 3.8) is 0 Å². The maximum Gasteiger partial charge on any atom is 0.332 e. The van der Waals surface area contributed by atoms with Gasteiger partial charge in [0.15, 0.2) is 0 Å². The Morgan fingerprint density at radius 2 is 1.22 bits per heavy atom. The molecule has 0 aliphatic rings. The third-order valence-corrected chi connectivity index (χ3v) is 5.29. The lowest BCUT2D eigenvalue weighted by atomic mass is 10.2. The maximum atomic E-state index is 13.5. The van der Waals surface area contributed by atoms with Gasteiger partial charge >= 0.3 is 5.69 Å². The Morgan fingerprint density at radius 3 is 1.72 bits per heavy atom. The van der Waals surface area contributed by atoms with Crippen LogP contribution in [0.4, 0.5) is 0 Å². The van der Waals surface area contributed by atoms with Crippen molar-refractivity contribution in [2.75, 3.05) is 14.2 Å². The van der Waals surface area contributed by atoms with Gasteiger partial charge in [-0.25, -0.2) is 4.79 Å². The molecule has 2 aromatic heterocycles. The van der Waals surface area contributed by atoms with E-state index in [9.17, 15) is 9.59 Å². The van der Waals surface area contributed by atoms with Gasteiger partial charge in [-0.1, -0.05) is 44.0 Å². The van der Waals surface area contributed by atoms with Crippen molar-refractivity contribution in [3.05, 3.63) is 122 Å². The first-order valence-corrected chi connectivity index (χ1v) is 11.6. The summed E-state index contributed by atoms with van der Waals surface area (Å²) in [6.45, 7) is 4.40. The van der Waals surface area contributed by atoms with Gasteiger partial charge in [-0.05, 0) is 53.4 Å². The SMILES string of the molecule is CC.COc1ccc(Cn2c(C#Cc3ccncc3)cc(=O)n(Cc3ccc(OC)cc3)c2=O)cc1. The molecule has 184 valence electrons. The molecule has 36 heavy (non-hydrogen) atoms. The van der Waals surface area contributed by atoms with Crippen LogP contribution in [0.2, 0.25) is 0 Å². The number of methoxy groups -OCH3 is 2. The van der Waals surface area contributed by atoms with Gasteiger partial charge in [-0.3, -0.25) is 18.9 Å². The molecule has 4 rings (SSSR count). The van der Waals surface area contributed by atoms with Gasteiger partial charge in [-0.15, -0.1) is 0 Å². The molecule has 7 heteroatoms. The maximum absolute atomic E-state index is 13.5. The van der Waals surface area contributed by atoms with Crippen LogP contribution < -0.4 is 20.7 Å². The Labute approximate surface area is 210 Å². The Bertz CT molecular complexity index is 1440. The smallest absolute Gasteiger partial charge is 0.332 e. The largest absolute Gasteiger partial charge is 0.497 e. The van der Waals surface area contributed by atoms with E-state index in [4.69, 9.17) is 9.47 Å². The third-order valence-electron chi connectivity index (χ3n) is 5.29. The van der Waals surface area contributed by atoms with E-state index in [0.717, 1.165) is 22.4 Å². The van der Waals surface area contributed by atoms with Crippen molar-refractivity contribution in [3.8, 4) is 23.3 Å². The zero-order valence-corrected chi connectivity index (χ0v) is 20.9. The van der Waals surface area contributed by atoms with Crippen LogP contribution in [0.25, 0.3) is 0 Å². The van der Waals surface area contributed by atoms with Crippen LogP contribution in [-0.2, 0) is 13.1 Å². The predicted molar refractivity (Wildman–Crippen MR) is 141 cm³/mol. The molecule has 0 fully saturated rings. The number of pyridine rings is 1. The molecule has 0 aliphatic heterocycles. The van der Waals surface area contributed by atoms with Crippen molar-refractivity contribution in [2.45, 2.75) is 26.9 Å². The third kappa shape index (κ3) is 6.51. The monoisotopic (exact) mass is 483 g/mol. The van der Waals surface area contributed by atoms with Crippen molar-refractivity contribution in [1.29, 1.82) is 0 Å². The topological polar surface area (TPSA) is 75.3 Å². The molecular weight excluding hydrogens is 454 g/mol. The summed E-state index contributed by atoms with van der Waals surface area (Å²) >= 11 is 0. The fraction of sp³-hybridized carbons (Fsp3) is 0.207. The van der Waals surface area contributed by atoms with E-state index in [-0.39, 0.29) is 13.1 Å². The molecule has 0 radical (unpaired) electrons. The molecule has 0 aliphatic carbocycles. The minimum absolute atomic E-state index is 0.141. The number of rotatable bonds is 6. The molecule has 0 saturated heterocycles. The summed E-state index contributed by atoms with van der Waals surface area (Å²) in [5.41, 5.74) is 1.93. The van der Waals surface area contributed by atoms with E-state index in [1.165, 1.54) is 15.2 Å². The Hall–Kier alpha value is -4.57. The van der Waals surface area contributed by atoms with Crippen molar-refractivity contribution < 1.29 is 9.47 Å². The van der Waals surface area contributed by atoms with Crippen LogP contribution >= 0.6 is 0 Å². The summed E-state index contributed by atoms with van der Waals surface area (Å²) in [6.07, 6.45) is 3.28. The van der Waals surface area contributed by atoms with E-state index in [2.05, 4.69) is 16.8 Å². The fourth-order valence-electron chi connectivity index (χ4n) is 3.42. The van der Waals surface area contributed by atoms with Gasteiger partial charge in [0.1, 0.15) is 17.2 Å². The Kier molecular flexibility index (Phi) is 9.24. The van der Waals surface area contributed by atoms with E-state index in [1.807, 2.05) is 50.2 Å². The van der Waals surface area contributed by atoms with Crippen LogP contribution in [0, 0.1) is 11.8 Å². The average molecular weight is 484 g/mol. The van der Waals surface area contributed by atoms with E-state index in [1.54, 1.807) is 50.9 Å². The number of nitrogens with zero attached hydrogens (tertiary/aromatic N) is 3. The Balaban J connectivity index is 0.00000176. The van der Waals surface area contributed by atoms with E-state index in [0.29, 0.717) is 11.4 Å². The van der Waals surface area contributed by atoms with Gasteiger partial charge < -0.3 is 9.47 Å². The first kappa shape index (κ1) is 26.0. The normalized spacial score (nSPS) is 9.89. The molecule has 0 saturated carbocycles. The molecule has 0 N–H and O–H groups in total.